The summed E-state index contributed by atoms with van der Waals surface area (Å²) in [6.07, 6.45) is 15.1. The smallest absolute Gasteiger partial charge is 0.490 e. The lowest BCUT2D eigenvalue weighted by molar-refractivity contribution is -0.00665. The molecular formula is C72H80BClN6O14. The summed E-state index contributed by atoms with van der Waals surface area (Å²) >= 11 is 6.55. The van der Waals surface area contributed by atoms with Crippen LogP contribution in [0.25, 0.3) is 56.0 Å². The highest BCUT2D eigenvalue weighted by Gasteiger charge is 2.52. The van der Waals surface area contributed by atoms with Crippen LogP contribution >= 0.6 is 11.6 Å². The van der Waals surface area contributed by atoms with Gasteiger partial charge in [-0.15, -0.1) is 0 Å². The number of carbonyl (C=O) groups is 2. The first-order valence-electron chi connectivity index (χ1n) is 32.2. The van der Waals surface area contributed by atoms with E-state index in [1.54, 1.807) is 64.7 Å². The Labute approximate surface area is 553 Å². The van der Waals surface area contributed by atoms with E-state index in [-0.39, 0.29) is 68.6 Å². The molecule has 3 aromatic carbocycles. The van der Waals surface area contributed by atoms with Gasteiger partial charge in [0.05, 0.1) is 92.3 Å². The Balaban J connectivity index is 0.000000151. The topological polar surface area (TPSA) is 255 Å². The van der Waals surface area contributed by atoms with E-state index in [9.17, 15) is 25.2 Å². The molecule has 7 aromatic rings. The zero-order valence-corrected chi connectivity index (χ0v) is 55.3. The minimum Gasteiger partial charge on any atom is -0.496 e. The number of hydrogen-bond acceptors (Lipinski definition) is 18. The van der Waals surface area contributed by atoms with Crippen LogP contribution in [0.15, 0.2) is 111 Å². The maximum atomic E-state index is 12.8. The van der Waals surface area contributed by atoms with Crippen molar-refractivity contribution in [3.8, 4) is 63.2 Å². The molecule has 13 rings (SSSR count). The van der Waals surface area contributed by atoms with Gasteiger partial charge in [0.1, 0.15) is 69.9 Å². The molecule has 6 aliphatic rings. The molecule has 0 bridgehead atoms. The van der Waals surface area contributed by atoms with Crippen LogP contribution in [-0.4, -0.2) is 153 Å². The van der Waals surface area contributed by atoms with E-state index in [1.165, 1.54) is 9.80 Å². The maximum absolute atomic E-state index is 12.8. The zero-order valence-electron chi connectivity index (χ0n) is 54.6. The van der Waals surface area contributed by atoms with E-state index in [0.717, 1.165) is 111 Å². The molecule has 7 heterocycles. The monoisotopic (exact) mass is 1300 g/mol. The Morgan fingerprint density at radius 2 is 1.16 bits per heavy atom. The number of amides is 2. The maximum Gasteiger partial charge on any atom is 0.490 e. The van der Waals surface area contributed by atoms with E-state index < -0.39 is 0 Å². The lowest BCUT2D eigenvalue weighted by Crippen LogP contribution is -2.41. The molecule has 2 saturated carbocycles. The van der Waals surface area contributed by atoms with Crippen LogP contribution < -0.4 is 14.2 Å². The van der Waals surface area contributed by atoms with E-state index in [0.29, 0.717) is 114 Å². The van der Waals surface area contributed by atoms with Gasteiger partial charge in [0, 0.05) is 101 Å². The highest BCUT2D eigenvalue weighted by atomic mass is 35.5. The number of allylic oxidation sites excluding steroid dienone is 4. The first kappa shape index (κ1) is 67.2. The quantitative estimate of drug-likeness (QED) is 0.0757. The minimum absolute atomic E-state index is 0.0331. The van der Waals surface area contributed by atoms with E-state index in [2.05, 4.69) is 17.1 Å². The zero-order chi connectivity index (χ0) is 66.4. The third-order valence-electron chi connectivity index (χ3n) is 18.4. The highest BCUT2D eigenvalue weighted by molar-refractivity contribution is 6.54. The number of fused-ring (bicyclic) bond motifs is 2. The molecule has 0 atom stereocenters. The molecular weight excluding hydrogens is 1220 g/mol. The van der Waals surface area contributed by atoms with Crippen LogP contribution in [0, 0.1) is 22.7 Å². The second kappa shape index (κ2) is 29.2. The van der Waals surface area contributed by atoms with Crippen molar-refractivity contribution in [2.75, 3.05) is 81.0 Å². The molecule has 0 radical (unpaired) electrons. The van der Waals surface area contributed by atoms with E-state index >= 15 is 0 Å². The first-order valence-corrected chi connectivity index (χ1v) is 32.6. The fourth-order valence-corrected chi connectivity index (χ4v) is 12.2. The van der Waals surface area contributed by atoms with Gasteiger partial charge in [-0.3, -0.25) is 19.6 Å². The lowest BCUT2D eigenvalue weighted by Gasteiger charge is -2.32. The average Bonchev–Trinajstić information content (AvgIpc) is 1.61. The van der Waals surface area contributed by atoms with Gasteiger partial charge < -0.3 is 66.6 Å². The summed E-state index contributed by atoms with van der Waals surface area (Å²) in [6, 6.07) is 24.4. The molecule has 20 nitrogen and oxygen atoms in total. The van der Waals surface area contributed by atoms with Gasteiger partial charge in [-0.05, 0) is 148 Å². The van der Waals surface area contributed by atoms with Crippen LogP contribution in [0.1, 0.15) is 141 Å². The average molecular weight is 1300 g/mol. The van der Waals surface area contributed by atoms with Gasteiger partial charge in [-0.25, -0.2) is 0 Å². The van der Waals surface area contributed by atoms with Crippen LogP contribution in [0.5, 0.6) is 17.2 Å². The number of likely N-dealkylation sites (N-methyl/N-ethyl adjacent to an activating group) is 2. The largest absolute Gasteiger partial charge is 0.496 e. The standard InChI is InChI=1S/C33H33N3O6.C21H21ClN2O4.C18H26BNO4/c1-36(11-12-37)33(38)22-5-7-25(29(16-22)39-2)30-17-27-32(42-30)31(26(19-35-27)20-3-4-20)21-6-8-28(23(15-21)18-34)41-24-9-13-40-14-10-24;1-24(7-8-25)21(26)13-5-6-14(17(9-13)27-2)18-10-16-20(28-18)19(22)15(11-23-16)12-3-4-12;1-17(2)18(3,4)24-19(23-17)14-5-6-16(13(11-14)12-20)22-15-7-9-21-10-8-15/h5-8,15-17,19-20,24,37H,3-4,9-14H2,1-2H3;5-6,9-12,25H,3-4,7-8H2,1-2H3;11,15H,5-10H2,1-4H3. The fourth-order valence-electron chi connectivity index (χ4n) is 11.9. The Bertz CT molecular complexity index is 4070. The highest BCUT2D eigenvalue weighted by Crippen LogP contribution is 2.50. The molecule has 2 amide bonds. The van der Waals surface area contributed by atoms with Crippen LogP contribution in [0.4, 0.5) is 0 Å². The Kier molecular flexibility index (Phi) is 20.9. The predicted molar refractivity (Wildman–Crippen MR) is 355 cm³/mol. The number of carbonyl (C=O) groups excluding carboxylic acids is 2. The predicted octanol–water partition coefficient (Wildman–Crippen LogP) is 13.0. The molecule has 3 saturated heterocycles. The molecule has 22 heteroatoms. The molecule has 0 unspecified atom stereocenters. The number of benzene rings is 3. The van der Waals surface area contributed by atoms with E-state index in [4.69, 9.17) is 68.3 Å². The molecule has 4 aromatic heterocycles. The number of aliphatic hydroxyl groups is 2. The number of halogens is 1. The number of aliphatic hydroxyl groups excluding tert-OH is 2. The van der Waals surface area contributed by atoms with Crippen molar-refractivity contribution in [3.63, 3.8) is 0 Å². The molecule has 2 N–H and O–H groups in total. The SMILES string of the molecule is CC1(C)OB(C2=CC(C#N)=C(OC3CCOCC3)CC2)OC1(C)C.COc1cc(C(=O)N(C)CCO)ccc1-c1cc2ncc(C3CC3)c(-c3ccc(OC4CCOCC4)c(C#N)c3)c2o1.COc1cc(C(=O)N(C)CCO)ccc1-c1cc2ncc(C3CC3)c(Cl)c2o1. The molecule has 5 fully saturated rings. The van der Waals surface area contributed by atoms with Gasteiger partial charge >= 0.3 is 7.12 Å². The second-order valence-corrected chi connectivity index (χ2v) is 25.9. The van der Waals surface area contributed by atoms with Gasteiger partial charge in [-0.2, -0.15) is 10.5 Å². The van der Waals surface area contributed by atoms with Crippen LogP contribution in [-0.2, 0) is 23.5 Å². The van der Waals surface area contributed by atoms with Crippen molar-refractivity contribution in [2.45, 2.75) is 127 Å². The number of nitriles is 2. The van der Waals surface area contributed by atoms with Crippen molar-refractivity contribution in [2.24, 2.45) is 0 Å². The third kappa shape index (κ3) is 14.8. The lowest BCUT2D eigenvalue weighted by atomic mass is 9.72. The number of methoxy groups -OCH3 is 2. The molecule has 0 spiro atoms. The van der Waals surface area contributed by atoms with Gasteiger partial charge in [0.2, 0.25) is 0 Å². The number of aromatic nitrogens is 2. The summed E-state index contributed by atoms with van der Waals surface area (Å²) in [7, 11) is 6.00. The van der Waals surface area contributed by atoms with Crippen molar-refractivity contribution in [1.29, 1.82) is 10.5 Å². The normalized spacial score (nSPS) is 17.8. The molecule has 94 heavy (non-hydrogen) atoms. The van der Waals surface area contributed by atoms with Gasteiger partial charge in [0.15, 0.2) is 11.2 Å². The number of hydrogen-bond donors (Lipinski definition) is 2. The Hall–Kier alpha value is -8.25. The van der Waals surface area contributed by atoms with Crippen molar-refractivity contribution in [3.05, 3.63) is 135 Å². The minimum atomic E-state index is -0.386. The van der Waals surface area contributed by atoms with Crippen molar-refractivity contribution in [1.82, 2.24) is 19.8 Å². The number of furan rings is 2. The Morgan fingerprint density at radius 3 is 1.67 bits per heavy atom. The second-order valence-electron chi connectivity index (χ2n) is 25.5. The number of pyridine rings is 2. The van der Waals surface area contributed by atoms with Crippen molar-refractivity contribution < 1.29 is 66.4 Å². The number of nitrogens with zero attached hydrogens (tertiary/aromatic N) is 6. The van der Waals surface area contributed by atoms with Crippen molar-refractivity contribution >= 4 is 52.7 Å². The third-order valence-corrected chi connectivity index (χ3v) is 18.8. The summed E-state index contributed by atoms with van der Waals surface area (Å²) in [4.78, 5) is 37.4. The summed E-state index contributed by atoms with van der Waals surface area (Å²) in [5.41, 5.74) is 10.2. The number of rotatable bonds is 18. The van der Waals surface area contributed by atoms with Gasteiger partial charge in [0.25, 0.3) is 11.8 Å². The fraction of sp³-hybridized carbons (Fsp3) is 0.444. The summed E-state index contributed by atoms with van der Waals surface area (Å²) in [5.74, 6) is 3.99. The van der Waals surface area contributed by atoms with Crippen LogP contribution in [0.3, 0.4) is 0 Å². The summed E-state index contributed by atoms with van der Waals surface area (Å²) in [6.45, 7) is 11.2. The van der Waals surface area contributed by atoms with E-state index in [1.807, 2.05) is 76.5 Å². The molecule has 3 aliphatic heterocycles. The van der Waals surface area contributed by atoms with Crippen LogP contribution in [0.2, 0.25) is 5.02 Å². The van der Waals surface area contributed by atoms with Gasteiger partial charge in [-0.1, -0.05) is 17.7 Å². The number of ether oxygens (including phenoxy) is 6. The summed E-state index contributed by atoms with van der Waals surface area (Å²) < 4.78 is 59.0. The summed E-state index contributed by atoms with van der Waals surface area (Å²) in [5, 5.41) is 38.4. The Morgan fingerprint density at radius 1 is 0.649 bits per heavy atom. The molecule has 3 aliphatic carbocycles. The first-order chi connectivity index (χ1) is 45.3. The molecule has 492 valence electrons.